The fourth-order valence-corrected chi connectivity index (χ4v) is 18.5. The molecule has 2 aliphatic carbocycles. The van der Waals surface area contributed by atoms with Crippen LogP contribution in [0.2, 0.25) is 0 Å². The van der Waals surface area contributed by atoms with Gasteiger partial charge in [0.25, 0.3) is 15.9 Å². The van der Waals surface area contributed by atoms with Crippen LogP contribution in [0.25, 0.3) is 0 Å². The highest BCUT2D eigenvalue weighted by Gasteiger charge is 2.35. The number of aliphatic carboxylic acids is 2. The zero-order valence-electron chi connectivity index (χ0n) is 63.1. The number of halogens is 3. The first-order valence-corrected chi connectivity index (χ1v) is 41.7. The fourth-order valence-electron chi connectivity index (χ4n) is 13.0. The van der Waals surface area contributed by atoms with Gasteiger partial charge in [0.1, 0.15) is 32.2 Å². The minimum Gasteiger partial charge on any atom is -0.497 e. The summed E-state index contributed by atoms with van der Waals surface area (Å²) in [5.74, 6) is -4.25. The Labute approximate surface area is 670 Å². The Balaban J connectivity index is 0.000000176. The second kappa shape index (κ2) is 41.8. The maximum Gasteiger partial charge on any atom is 0.335 e. The molecule has 0 aliphatic heterocycles. The van der Waals surface area contributed by atoms with Crippen LogP contribution in [-0.4, -0.2) is 133 Å². The van der Waals surface area contributed by atoms with Crippen LogP contribution in [0.3, 0.4) is 0 Å². The van der Waals surface area contributed by atoms with Crippen molar-refractivity contribution in [2.24, 2.45) is 23.7 Å². The van der Waals surface area contributed by atoms with Crippen LogP contribution in [0.5, 0.6) is 17.2 Å². The normalized spacial score (nSPS) is 15.5. The number of aromatic carboxylic acids is 2. The number of rotatable bonds is 30. The summed E-state index contributed by atoms with van der Waals surface area (Å²) < 4.78 is 139. The summed E-state index contributed by atoms with van der Waals surface area (Å²) in [4.78, 5) is 63.3. The zero-order valence-corrected chi connectivity index (χ0v) is 66.4. The molecular weight excluding hydrogens is 1560 g/mol. The Bertz CT molecular complexity index is 5190. The predicted octanol–water partition coefficient (Wildman–Crippen LogP) is 15.4. The van der Waals surface area contributed by atoms with Gasteiger partial charge in [-0.1, -0.05) is 91.0 Å². The summed E-state index contributed by atoms with van der Waals surface area (Å²) >= 11 is 1.17. The first kappa shape index (κ1) is 87.8. The number of nitrogens with zero attached hydrogens (tertiary/aromatic N) is 5. The summed E-state index contributed by atoms with van der Waals surface area (Å²) in [7, 11) is -6.96. The molecule has 0 unspecified atom stereocenters. The van der Waals surface area contributed by atoms with E-state index >= 15 is 0 Å². The number of carboxylic acid groups (broad SMARTS) is 4. The monoisotopic (exact) mass is 1650 g/mol. The molecule has 4 N–H and O–H groups in total. The number of carbonyl (C=O) groups excluding carboxylic acids is 1. The molecule has 2 fully saturated rings. The minimum atomic E-state index is -4.01. The smallest absolute Gasteiger partial charge is 0.335 e. The molecule has 1 amide bonds. The zero-order chi connectivity index (χ0) is 82.8. The quantitative estimate of drug-likeness (QED) is 0.0325. The highest BCUT2D eigenvalue weighted by atomic mass is 32.2. The van der Waals surface area contributed by atoms with Gasteiger partial charge in [0.2, 0.25) is 20.0 Å². The van der Waals surface area contributed by atoms with Crippen LogP contribution in [0.15, 0.2) is 250 Å². The van der Waals surface area contributed by atoms with Crippen molar-refractivity contribution < 1.29 is 97.0 Å². The average molecular weight is 1650 g/mol. The van der Waals surface area contributed by atoms with Gasteiger partial charge in [0.05, 0.1) is 49.2 Å². The van der Waals surface area contributed by atoms with E-state index in [1.165, 1.54) is 136 Å². The Morgan fingerprint density at radius 1 is 0.417 bits per heavy atom. The third-order valence-corrected chi connectivity index (χ3v) is 26.3. The van der Waals surface area contributed by atoms with Crippen LogP contribution in [0.4, 0.5) is 13.2 Å². The number of thiophene rings is 1. The maximum atomic E-state index is 13.8. The van der Waals surface area contributed by atoms with Crippen LogP contribution >= 0.6 is 11.3 Å². The third kappa shape index (κ3) is 25.4. The SMILES string of the molecule is COc1ccc(CN(Cc2ccc(F)c(OC)c2)S(=O)(=O)c2ccc(C(=O)O)cc2)cc1.COc1ccc(CN(Cc2ccccc2)C(=O)c2ccc(C(=O)O)cc2)cc1.O=C(O)C1CCC(CN(Cc2ccc(F)cc2)S(=O)(=O)c2cccnc2)CC1.O=C(O)C1CCC(CN(Cc2ccc(F)cc2)S(=O)(=O)c2cccs2)CC1. The van der Waals surface area contributed by atoms with Gasteiger partial charge < -0.3 is 39.5 Å². The molecule has 2 aromatic heterocycles. The van der Waals surface area contributed by atoms with Gasteiger partial charge in [-0.3, -0.25) is 19.4 Å². The Hall–Kier alpha value is -11.1. The highest BCUT2D eigenvalue weighted by Crippen LogP contribution is 2.35. The Kier molecular flexibility index (Phi) is 31.9. The van der Waals surface area contributed by atoms with Crippen LogP contribution < -0.4 is 14.2 Å². The summed E-state index contributed by atoms with van der Waals surface area (Å²) in [5.41, 5.74) is 5.24. The molecule has 0 bridgehead atoms. The van der Waals surface area contributed by atoms with Crippen molar-refractivity contribution in [2.75, 3.05) is 34.4 Å². The van der Waals surface area contributed by atoms with E-state index in [-0.39, 0.29) is 98.3 Å². The molecule has 2 aliphatic rings. The number of sulfonamides is 3. The van der Waals surface area contributed by atoms with Crippen molar-refractivity contribution in [1.82, 2.24) is 22.8 Å². The van der Waals surface area contributed by atoms with Gasteiger partial charge in [-0.15, -0.1) is 11.3 Å². The highest BCUT2D eigenvalue weighted by molar-refractivity contribution is 7.91. The lowest BCUT2D eigenvalue weighted by atomic mass is 9.82. The fraction of sp³-hybridized carbons (Fsp3) is 0.271. The van der Waals surface area contributed by atoms with Gasteiger partial charge in [-0.05, 0) is 229 Å². The number of benzene rings is 8. The molecule has 2 saturated carbocycles. The number of hydrogen-bond acceptors (Lipinski definition) is 16. The number of aromatic nitrogens is 1. The summed E-state index contributed by atoms with van der Waals surface area (Å²) in [6.07, 6.45) is 7.79. The first-order valence-electron chi connectivity index (χ1n) is 36.5. The van der Waals surface area contributed by atoms with E-state index in [0.717, 1.165) is 22.4 Å². The maximum absolute atomic E-state index is 13.8. The molecule has 23 nitrogen and oxygen atoms in total. The van der Waals surface area contributed by atoms with E-state index in [4.69, 9.17) is 34.6 Å². The van der Waals surface area contributed by atoms with Gasteiger partial charge in [0.15, 0.2) is 11.6 Å². The number of pyridine rings is 1. The molecule has 30 heteroatoms. The van der Waals surface area contributed by atoms with Crippen molar-refractivity contribution in [2.45, 2.75) is 105 Å². The van der Waals surface area contributed by atoms with Crippen LogP contribution in [-0.2, 0) is 78.9 Å². The topological polar surface area (TPSA) is 322 Å². The van der Waals surface area contributed by atoms with Crippen molar-refractivity contribution >= 4 is 71.2 Å². The number of amides is 1. The first-order chi connectivity index (χ1) is 55.0. The number of methoxy groups -OCH3 is 3. The third-order valence-electron chi connectivity index (χ3n) is 19.5. The number of ether oxygens (including phenoxy) is 3. The van der Waals surface area contributed by atoms with Gasteiger partial charge in [-0.25, -0.2) is 48.0 Å². The minimum absolute atomic E-state index is 0.00936. The number of carbonyl (C=O) groups is 5. The van der Waals surface area contributed by atoms with E-state index in [1.54, 1.807) is 96.3 Å². The number of hydrogen-bond donors (Lipinski definition) is 4. The van der Waals surface area contributed by atoms with Crippen molar-refractivity contribution in [3.8, 4) is 17.2 Å². The second-order valence-corrected chi connectivity index (χ2v) is 34.4. The lowest BCUT2D eigenvalue weighted by Gasteiger charge is -2.31. The van der Waals surface area contributed by atoms with Crippen LogP contribution in [0, 0.1) is 41.1 Å². The summed E-state index contributed by atoms with van der Waals surface area (Å²) in [5, 5.41) is 38.2. The predicted molar refractivity (Wildman–Crippen MR) is 425 cm³/mol. The largest absolute Gasteiger partial charge is 0.497 e. The van der Waals surface area contributed by atoms with E-state index in [2.05, 4.69) is 4.98 Å². The van der Waals surface area contributed by atoms with E-state index in [1.807, 2.05) is 54.6 Å². The van der Waals surface area contributed by atoms with Crippen molar-refractivity contribution in [1.29, 1.82) is 0 Å². The molecule has 10 aromatic rings. The van der Waals surface area contributed by atoms with Crippen molar-refractivity contribution in [3.05, 3.63) is 304 Å². The number of carboxylic acids is 4. The Morgan fingerprint density at radius 2 is 0.826 bits per heavy atom. The summed E-state index contributed by atoms with van der Waals surface area (Å²) in [6.45, 7) is 1.78. The molecule has 0 radical (unpaired) electrons. The van der Waals surface area contributed by atoms with Gasteiger partial charge >= 0.3 is 23.9 Å². The molecule has 115 heavy (non-hydrogen) atoms. The lowest BCUT2D eigenvalue weighted by Crippen LogP contribution is -2.36. The Morgan fingerprint density at radius 3 is 1.25 bits per heavy atom. The van der Waals surface area contributed by atoms with E-state index in [9.17, 15) is 62.4 Å². The molecular formula is C85H88F3N5O18S4. The summed E-state index contributed by atoms with van der Waals surface area (Å²) in [6, 6.07) is 57.4. The van der Waals surface area contributed by atoms with Crippen molar-refractivity contribution in [3.63, 3.8) is 0 Å². The second-order valence-electron chi connectivity index (χ2n) is 27.4. The molecule has 606 valence electrons. The molecule has 0 saturated heterocycles. The van der Waals surface area contributed by atoms with Gasteiger partial charge in [0, 0.05) is 70.3 Å². The van der Waals surface area contributed by atoms with Crippen LogP contribution in [0.1, 0.15) is 116 Å². The molecule has 12 rings (SSSR count). The molecule has 0 atom stereocenters. The lowest BCUT2D eigenvalue weighted by molar-refractivity contribution is -0.144. The van der Waals surface area contributed by atoms with E-state index in [0.29, 0.717) is 106 Å². The average Bonchev–Trinajstić information content (AvgIpc) is 1.65. The molecule has 8 aromatic carbocycles. The standard InChI is InChI=1S/C23H22FNO6S.C23H21NO4.C20H23FN2O4S.C19H22FNO4S2/c1-30-19-8-3-16(4-9-19)14-25(15-17-5-12-21(24)22(13-17)31-2)32(28,29)20-10-6-18(7-11-20)23(26)27;1-28-21-13-7-18(8-14-21)16-24(15-17-5-3-2-4-6-17)22(25)19-9-11-20(12-10-19)23(26)27;21-18-9-5-16(6-10-18)14-23(28(26,27)19-2-1-11-22-12-19)13-15-3-7-17(8-4-15)20(24)25;20-17-9-5-15(6-10-17)13-21(27(24,25)18-2-1-11-26-18)12-14-3-7-16(8-4-14)19(22)23/h3-13H,14-15H2,1-2H3,(H,26,27);2-14H,15-16H2,1H3,(H,26,27);1-2,5-6,9-12,15,17H,3-4,7-8,13-14H2,(H,24,25);1-2,5-6,9-11,14,16H,3-4,7-8,12-13H2,(H,22,23). The van der Waals surface area contributed by atoms with E-state index < -0.39 is 59.8 Å². The molecule has 0 spiro atoms. The van der Waals surface area contributed by atoms with Gasteiger partial charge in [-0.2, -0.15) is 12.9 Å². The molecule has 2 heterocycles.